The summed E-state index contributed by atoms with van der Waals surface area (Å²) in [7, 11) is 0. The lowest BCUT2D eigenvalue weighted by Gasteiger charge is -2.04. The average molecular weight is 281 g/mol. The van der Waals surface area contributed by atoms with Gasteiger partial charge in [-0.3, -0.25) is 0 Å². The van der Waals surface area contributed by atoms with Crippen molar-refractivity contribution in [2.24, 2.45) is 0 Å². The van der Waals surface area contributed by atoms with E-state index in [0.717, 1.165) is 10.8 Å². The summed E-state index contributed by atoms with van der Waals surface area (Å²) in [6, 6.07) is 14.6. The Bertz CT molecular complexity index is 903. The van der Waals surface area contributed by atoms with E-state index >= 15 is 0 Å². The van der Waals surface area contributed by atoms with Crippen molar-refractivity contribution in [3.63, 3.8) is 0 Å². The first-order valence-electron chi connectivity index (χ1n) is 6.24. The largest absolute Gasteiger partial charge is 0.374 e. The molecular formula is C14H11N5S. The molecule has 98 valence electrons. The van der Waals surface area contributed by atoms with Gasteiger partial charge in [0.1, 0.15) is 0 Å². The molecule has 0 atom stereocenters. The Morgan fingerprint density at radius 3 is 2.85 bits per heavy atom. The van der Waals surface area contributed by atoms with Gasteiger partial charge in [-0.1, -0.05) is 53.8 Å². The van der Waals surface area contributed by atoms with E-state index in [1.54, 1.807) is 4.52 Å². The molecule has 0 amide bonds. The van der Waals surface area contributed by atoms with Crippen LogP contribution in [0.2, 0.25) is 0 Å². The fraction of sp³-hybridized carbons (Fsp3) is 0.0714. The van der Waals surface area contributed by atoms with Gasteiger partial charge in [0, 0.05) is 6.42 Å². The van der Waals surface area contributed by atoms with Crippen LogP contribution in [0.3, 0.4) is 0 Å². The third-order valence-corrected chi connectivity index (χ3v) is 4.03. The lowest BCUT2D eigenvalue weighted by Crippen LogP contribution is -1.99. The van der Waals surface area contributed by atoms with E-state index in [-0.39, 0.29) is 0 Å². The Balaban J connectivity index is 1.84. The van der Waals surface area contributed by atoms with Gasteiger partial charge in [-0.25, -0.2) is 0 Å². The fourth-order valence-corrected chi connectivity index (χ4v) is 3.02. The number of hydrogen-bond donors (Lipinski definition) is 1. The van der Waals surface area contributed by atoms with E-state index in [2.05, 4.69) is 45.6 Å². The molecule has 0 radical (unpaired) electrons. The van der Waals surface area contributed by atoms with Gasteiger partial charge in [0.05, 0.1) is 0 Å². The molecule has 4 rings (SSSR count). The number of benzene rings is 2. The second kappa shape index (κ2) is 4.28. The first-order valence-corrected chi connectivity index (χ1v) is 7.06. The van der Waals surface area contributed by atoms with Gasteiger partial charge in [0.15, 0.2) is 5.82 Å². The maximum Gasteiger partial charge on any atom is 0.236 e. The molecule has 4 aromatic rings. The molecule has 0 aliphatic rings. The Hall–Kier alpha value is -2.47. The number of rotatable bonds is 2. The number of nitrogen functional groups attached to an aromatic ring is 1. The molecule has 2 N–H and O–H groups in total. The van der Waals surface area contributed by atoms with Crippen LogP contribution >= 0.6 is 11.3 Å². The van der Waals surface area contributed by atoms with Crippen molar-refractivity contribution in [3.05, 3.63) is 53.9 Å². The van der Waals surface area contributed by atoms with Crippen LogP contribution in [0.1, 0.15) is 11.4 Å². The highest BCUT2D eigenvalue weighted by Gasteiger charge is 2.11. The molecule has 20 heavy (non-hydrogen) atoms. The van der Waals surface area contributed by atoms with E-state index in [1.165, 1.54) is 27.7 Å². The highest BCUT2D eigenvalue weighted by atomic mass is 32.1. The van der Waals surface area contributed by atoms with Gasteiger partial charge in [-0.05, 0) is 16.3 Å². The fourth-order valence-electron chi connectivity index (χ4n) is 2.40. The molecule has 2 heterocycles. The average Bonchev–Trinajstić information content (AvgIpc) is 3.00. The maximum absolute atomic E-state index is 5.71. The molecule has 0 aliphatic carbocycles. The zero-order valence-electron chi connectivity index (χ0n) is 10.5. The third kappa shape index (κ3) is 1.73. The predicted octanol–water partition coefficient (Wildman–Crippen LogP) is 2.51. The summed E-state index contributed by atoms with van der Waals surface area (Å²) >= 11 is 1.34. The van der Waals surface area contributed by atoms with Crippen molar-refractivity contribution in [1.82, 2.24) is 19.8 Å². The number of nitrogens with zero attached hydrogens (tertiary/aromatic N) is 4. The van der Waals surface area contributed by atoms with E-state index < -0.39 is 0 Å². The molecule has 2 aromatic heterocycles. The maximum atomic E-state index is 5.71. The normalized spacial score (nSPS) is 11.4. The van der Waals surface area contributed by atoms with Gasteiger partial charge in [0.25, 0.3) is 0 Å². The minimum atomic E-state index is 0.508. The van der Waals surface area contributed by atoms with Crippen molar-refractivity contribution in [3.8, 4) is 0 Å². The molecule has 0 bridgehead atoms. The van der Waals surface area contributed by atoms with Crippen LogP contribution in [0, 0.1) is 0 Å². The molecule has 0 aliphatic heterocycles. The van der Waals surface area contributed by atoms with Crippen LogP contribution < -0.4 is 5.73 Å². The zero-order chi connectivity index (χ0) is 13.5. The summed E-state index contributed by atoms with van der Waals surface area (Å²) in [4.78, 5) is 0.734. The quantitative estimate of drug-likeness (QED) is 0.613. The van der Waals surface area contributed by atoms with Crippen molar-refractivity contribution in [1.29, 1.82) is 0 Å². The van der Waals surface area contributed by atoms with E-state index in [9.17, 15) is 0 Å². The lowest BCUT2D eigenvalue weighted by atomic mass is 10.0. The Morgan fingerprint density at radius 1 is 1.05 bits per heavy atom. The van der Waals surface area contributed by atoms with Crippen molar-refractivity contribution >= 4 is 32.2 Å². The molecule has 0 unspecified atom stereocenters. The molecule has 0 saturated carbocycles. The highest BCUT2D eigenvalue weighted by molar-refractivity contribution is 7.20. The summed E-state index contributed by atoms with van der Waals surface area (Å²) in [5, 5.41) is 15.5. The summed E-state index contributed by atoms with van der Waals surface area (Å²) in [5.74, 6) is 0.810. The van der Waals surface area contributed by atoms with Crippen molar-refractivity contribution < 1.29 is 0 Å². The smallest absolute Gasteiger partial charge is 0.236 e. The molecular weight excluding hydrogens is 270 g/mol. The molecule has 0 fully saturated rings. The molecule has 6 heteroatoms. The summed E-state index contributed by atoms with van der Waals surface area (Å²) in [6.45, 7) is 0. The number of anilines is 1. The minimum absolute atomic E-state index is 0.508. The van der Waals surface area contributed by atoms with E-state index in [4.69, 9.17) is 5.73 Å². The van der Waals surface area contributed by atoms with Gasteiger partial charge in [-0.2, -0.15) is 4.52 Å². The third-order valence-electron chi connectivity index (χ3n) is 3.30. The van der Waals surface area contributed by atoms with Crippen molar-refractivity contribution in [2.75, 3.05) is 5.73 Å². The lowest BCUT2D eigenvalue weighted by molar-refractivity contribution is 0.858. The number of aromatic nitrogens is 4. The van der Waals surface area contributed by atoms with Crippen LogP contribution in [-0.4, -0.2) is 19.8 Å². The van der Waals surface area contributed by atoms with E-state index in [1.807, 2.05) is 12.1 Å². The van der Waals surface area contributed by atoms with Crippen LogP contribution in [0.15, 0.2) is 42.5 Å². The minimum Gasteiger partial charge on any atom is -0.374 e. The molecule has 5 nitrogen and oxygen atoms in total. The van der Waals surface area contributed by atoms with E-state index in [0.29, 0.717) is 11.6 Å². The monoisotopic (exact) mass is 281 g/mol. The summed E-state index contributed by atoms with van der Waals surface area (Å²) in [6.07, 6.45) is 0.686. The molecule has 2 aromatic carbocycles. The first-order chi connectivity index (χ1) is 9.81. The van der Waals surface area contributed by atoms with Gasteiger partial charge >= 0.3 is 0 Å². The number of fused-ring (bicyclic) bond motifs is 2. The standard InChI is InChI=1S/C14H11N5S/c15-13-18-19-12(16-17-14(19)20-13)8-10-6-3-5-9-4-1-2-7-11(9)10/h1-7H,8H2,(H2,15,18). The van der Waals surface area contributed by atoms with Crippen LogP contribution in [0.25, 0.3) is 15.7 Å². The predicted molar refractivity (Wildman–Crippen MR) is 79.8 cm³/mol. The van der Waals surface area contributed by atoms with Crippen LogP contribution in [0.4, 0.5) is 5.13 Å². The van der Waals surface area contributed by atoms with Gasteiger partial charge in [0.2, 0.25) is 10.1 Å². The number of hydrogen-bond acceptors (Lipinski definition) is 5. The summed E-state index contributed by atoms with van der Waals surface area (Å²) < 4.78 is 1.72. The zero-order valence-corrected chi connectivity index (χ0v) is 11.3. The second-order valence-electron chi connectivity index (χ2n) is 4.57. The van der Waals surface area contributed by atoms with Crippen LogP contribution in [0.5, 0.6) is 0 Å². The van der Waals surface area contributed by atoms with Gasteiger partial charge < -0.3 is 5.73 Å². The first kappa shape index (κ1) is 11.4. The number of nitrogens with two attached hydrogens (primary N) is 1. The Kier molecular flexibility index (Phi) is 2.43. The Labute approximate surface area is 118 Å². The molecule has 0 spiro atoms. The SMILES string of the molecule is Nc1nn2c(Cc3cccc4ccccc34)nnc2s1. The van der Waals surface area contributed by atoms with Crippen molar-refractivity contribution in [2.45, 2.75) is 6.42 Å². The Morgan fingerprint density at radius 2 is 1.90 bits per heavy atom. The van der Waals surface area contributed by atoms with Gasteiger partial charge in [-0.15, -0.1) is 15.3 Å². The molecule has 0 saturated heterocycles. The summed E-state index contributed by atoms with van der Waals surface area (Å²) in [5.41, 5.74) is 6.92. The second-order valence-corrected chi connectivity index (χ2v) is 5.55. The van der Waals surface area contributed by atoms with Crippen LogP contribution in [-0.2, 0) is 6.42 Å². The highest BCUT2D eigenvalue weighted by Crippen LogP contribution is 2.22. The topological polar surface area (TPSA) is 69.1 Å².